The van der Waals surface area contributed by atoms with Crippen LogP contribution in [-0.4, -0.2) is 21.2 Å². The van der Waals surface area contributed by atoms with Gasteiger partial charge in [0.1, 0.15) is 17.4 Å². The molecule has 41 heavy (non-hydrogen) atoms. The summed E-state index contributed by atoms with van der Waals surface area (Å²) >= 11 is 1.27. The molecule has 0 saturated heterocycles. The minimum atomic E-state index is -0.795. The quantitative estimate of drug-likeness (QED) is 0.250. The van der Waals surface area contributed by atoms with E-state index in [2.05, 4.69) is 10.3 Å². The molecule has 3 aromatic carbocycles. The molecule has 1 atom stereocenters. The Hall–Kier alpha value is -4.61. The van der Waals surface area contributed by atoms with Crippen molar-refractivity contribution >= 4 is 22.2 Å². The molecule has 5 aromatic rings. The number of methoxy groups -OCH3 is 1. The van der Waals surface area contributed by atoms with E-state index in [0.29, 0.717) is 16.6 Å². The Balaban J connectivity index is 1.60. The molecule has 0 radical (unpaired) electrons. The molecular formula is C30H27F2N5O3S. The van der Waals surface area contributed by atoms with Crippen LogP contribution in [0.4, 0.5) is 19.6 Å². The highest BCUT2D eigenvalue weighted by Crippen LogP contribution is 2.28. The molecule has 0 aliphatic rings. The number of hydrogen-bond donors (Lipinski definition) is 2. The molecule has 0 unspecified atom stereocenters. The van der Waals surface area contributed by atoms with E-state index in [1.807, 2.05) is 30.3 Å². The summed E-state index contributed by atoms with van der Waals surface area (Å²) in [6.45, 7) is 1.00. The first kappa shape index (κ1) is 27.9. The van der Waals surface area contributed by atoms with Crippen LogP contribution in [0.5, 0.6) is 5.75 Å². The number of ether oxygens (including phenoxy) is 1. The molecule has 0 bridgehead atoms. The lowest BCUT2D eigenvalue weighted by atomic mass is 10.1. The molecule has 0 aliphatic heterocycles. The van der Waals surface area contributed by atoms with Crippen LogP contribution < -0.4 is 27.0 Å². The minimum Gasteiger partial charge on any atom is -0.497 e. The largest absolute Gasteiger partial charge is 0.497 e. The summed E-state index contributed by atoms with van der Waals surface area (Å²) in [4.78, 5) is 32.1. The van der Waals surface area contributed by atoms with Gasteiger partial charge in [0.25, 0.3) is 5.56 Å². The lowest BCUT2D eigenvalue weighted by Gasteiger charge is -2.19. The maximum absolute atomic E-state index is 14.6. The van der Waals surface area contributed by atoms with Crippen LogP contribution >= 0.6 is 11.3 Å². The van der Waals surface area contributed by atoms with Crippen LogP contribution in [0.15, 0.2) is 87.8 Å². The smallest absolute Gasteiger partial charge is 0.331 e. The Labute approximate surface area is 238 Å². The molecule has 0 amide bonds. The molecule has 0 fully saturated rings. The zero-order valence-electron chi connectivity index (χ0n) is 22.3. The van der Waals surface area contributed by atoms with Gasteiger partial charge in [-0.2, -0.15) is 0 Å². The number of rotatable bonds is 9. The summed E-state index contributed by atoms with van der Waals surface area (Å²) in [6, 6.07) is 19.1. The highest BCUT2D eigenvalue weighted by molar-refractivity contribution is 7.14. The van der Waals surface area contributed by atoms with Crippen molar-refractivity contribution in [3.63, 3.8) is 0 Å². The summed E-state index contributed by atoms with van der Waals surface area (Å²) in [7, 11) is 1.58. The van der Waals surface area contributed by atoms with Gasteiger partial charge in [0, 0.05) is 28.4 Å². The first-order valence-corrected chi connectivity index (χ1v) is 13.6. The Morgan fingerprint density at radius 3 is 2.32 bits per heavy atom. The van der Waals surface area contributed by atoms with E-state index >= 15 is 0 Å². The number of thiazole rings is 1. The van der Waals surface area contributed by atoms with Crippen molar-refractivity contribution in [3.05, 3.63) is 127 Å². The van der Waals surface area contributed by atoms with Crippen LogP contribution in [0, 0.1) is 18.6 Å². The van der Waals surface area contributed by atoms with Crippen molar-refractivity contribution in [2.75, 3.05) is 12.4 Å². The normalized spacial score (nSPS) is 11.8. The number of anilines is 2. The van der Waals surface area contributed by atoms with Crippen LogP contribution in [0.3, 0.4) is 0 Å². The van der Waals surface area contributed by atoms with Crippen LogP contribution in [0.2, 0.25) is 0 Å². The van der Waals surface area contributed by atoms with Crippen molar-refractivity contribution in [1.29, 1.82) is 0 Å². The van der Waals surface area contributed by atoms with Gasteiger partial charge >= 0.3 is 5.69 Å². The highest BCUT2D eigenvalue weighted by atomic mass is 32.1. The average molecular weight is 576 g/mol. The molecule has 2 heterocycles. The Morgan fingerprint density at radius 1 is 0.976 bits per heavy atom. The number of nitrogens with one attached hydrogen (secondary N) is 1. The van der Waals surface area contributed by atoms with Crippen molar-refractivity contribution < 1.29 is 13.5 Å². The lowest BCUT2D eigenvalue weighted by molar-refractivity contribution is 0.415. The summed E-state index contributed by atoms with van der Waals surface area (Å²) in [5.41, 5.74) is 6.96. The van der Waals surface area contributed by atoms with Gasteiger partial charge in [0.2, 0.25) is 0 Å². The van der Waals surface area contributed by atoms with E-state index in [9.17, 15) is 18.4 Å². The van der Waals surface area contributed by atoms with Gasteiger partial charge in [-0.05, 0) is 48.9 Å². The lowest BCUT2D eigenvalue weighted by Crippen LogP contribution is -2.44. The molecule has 210 valence electrons. The predicted molar refractivity (Wildman–Crippen MR) is 156 cm³/mol. The Bertz CT molecular complexity index is 1780. The second-order valence-corrected chi connectivity index (χ2v) is 10.2. The zero-order valence-corrected chi connectivity index (χ0v) is 23.1. The number of halogens is 2. The predicted octanol–water partition coefficient (Wildman–Crippen LogP) is 5.22. The third-order valence-electron chi connectivity index (χ3n) is 6.77. The second-order valence-electron chi connectivity index (χ2n) is 9.35. The SMILES string of the molecule is COc1ccc(Nc2nc(-c3c(C)n(Cc4c(F)cccc4F)c(=O)n(C[C@H](N)c4ccccc4)c3=O)cs2)cc1. The van der Waals surface area contributed by atoms with Gasteiger partial charge in [0.05, 0.1) is 31.5 Å². The molecule has 0 aliphatic carbocycles. The number of benzene rings is 3. The fourth-order valence-electron chi connectivity index (χ4n) is 4.53. The zero-order chi connectivity index (χ0) is 29.1. The summed E-state index contributed by atoms with van der Waals surface area (Å²) in [6.07, 6.45) is 0. The van der Waals surface area contributed by atoms with Crippen LogP contribution in [0.1, 0.15) is 22.9 Å². The van der Waals surface area contributed by atoms with Gasteiger partial charge in [-0.3, -0.25) is 13.9 Å². The number of hydrogen-bond acceptors (Lipinski definition) is 7. The standard InChI is InChI=1S/C30H27F2N5O3S/c1-18-27(26-17-41-29(35-26)34-20-11-13-21(40-2)14-12-20)28(38)37(16-25(33)19-7-4-3-5-8-19)30(39)36(18)15-22-23(31)9-6-10-24(22)32/h3-14,17,25H,15-16,33H2,1-2H3,(H,34,35)/t25-/m0/s1. The fraction of sp³-hybridized carbons (Fsp3) is 0.167. The van der Waals surface area contributed by atoms with E-state index in [-0.39, 0.29) is 23.4 Å². The monoisotopic (exact) mass is 575 g/mol. The third kappa shape index (κ3) is 5.81. The second kappa shape index (κ2) is 11.9. The van der Waals surface area contributed by atoms with E-state index in [0.717, 1.165) is 28.0 Å². The highest BCUT2D eigenvalue weighted by Gasteiger charge is 2.23. The van der Waals surface area contributed by atoms with Gasteiger partial charge in [-0.1, -0.05) is 36.4 Å². The number of nitrogens with two attached hydrogens (primary N) is 1. The van der Waals surface area contributed by atoms with E-state index in [4.69, 9.17) is 10.5 Å². The molecule has 8 nitrogen and oxygen atoms in total. The molecule has 0 spiro atoms. The van der Waals surface area contributed by atoms with E-state index < -0.39 is 35.5 Å². The van der Waals surface area contributed by atoms with Crippen molar-refractivity contribution in [2.24, 2.45) is 5.73 Å². The Kier molecular flexibility index (Phi) is 8.09. The van der Waals surface area contributed by atoms with Gasteiger partial charge in [0.15, 0.2) is 5.13 Å². The van der Waals surface area contributed by atoms with Crippen LogP contribution in [0.25, 0.3) is 11.3 Å². The molecule has 2 aromatic heterocycles. The molecule has 5 rings (SSSR count). The minimum absolute atomic E-state index is 0.139. The average Bonchev–Trinajstić information content (AvgIpc) is 3.43. The molecule has 3 N–H and O–H groups in total. The molecule has 11 heteroatoms. The topological polar surface area (TPSA) is 104 Å². The number of nitrogens with zero attached hydrogens (tertiary/aromatic N) is 3. The Morgan fingerprint density at radius 2 is 1.66 bits per heavy atom. The summed E-state index contributed by atoms with van der Waals surface area (Å²) < 4.78 is 36.6. The van der Waals surface area contributed by atoms with Crippen molar-refractivity contribution in [3.8, 4) is 17.0 Å². The maximum Gasteiger partial charge on any atom is 0.331 e. The van der Waals surface area contributed by atoms with Gasteiger partial charge in [-0.25, -0.2) is 18.6 Å². The van der Waals surface area contributed by atoms with Crippen LogP contribution in [-0.2, 0) is 13.1 Å². The third-order valence-corrected chi connectivity index (χ3v) is 7.53. The van der Waals surface area contributed by atoms with Crippen molar-refractivity contribution in [2.45, 2.75) is 26.1 Å². The van der Waals surface area contributed by atoms with E-state index in [1.165, 1.54) is 22.0 Å². The molecule has 0 saturated carbocycles. The first-order chi connectivity index (χ1) is 19.8. The maximum atomic E-state index is 14.6. The van der Waals surface area contributed by atoms with Crippen molar-refractivity contribution in [1.82, 2.24) is 14.1 Å². The van der Waals surface area contributed by atoms with Gasteiger partial charge < -0.3 is 15.8 Å². The summed E-state index contributed by atoms with van der Waals surface area (Å²) in [5, 5.41) is 5.39. The van der Waals surface area contributed by atoms with E-state index in [1.54, 1.807) is 43.7 Å². The van der Waals surface area contributed by atoms with Gasteiger partial charge in [-0.15, -0.1) is 11.3 Å². The molecular weight excluding hydrogens is 548 g/mol. The number of aromatic nitrogens is 3. The fourth-order valence-corrected chi connectivity index (χ4v) is 5.25. The first-order valence-electron chi connectivity index (χ1n) is 12.7. The summed E-state index contributed by atoms with van der Waals surface area (Å²) in [5.74, 6) is -0.888.